The van der Waals surface area contributed by atoms with Crippen LogP contribution >= 0.6 is 0 Å². The summed E-state index contributed by atoms with van der Waals surface area (Å²) in [5.41, 5.74) is 22.8. The van der Waals surface area contributed by atoms with Gasteiger partial charge in [0.05, 0.1) is 17.1 Å². The zero-order valence-electron chi connectivity index (χ0n) is 39.6. The lowest BCUT2D eigenvalue weighted by Crippen LogP contribution is -1.94. The molecule has 342 valence electrons. The zero-order valence-corrected chi connectivity index (χ0v) is 39.6. The van der Waals surface area contributed by atoms with E-state index in [1.807, 2.05) is 61.1 Å². The summed E-state index contributed by atoms with van der Waals surface area (Å²) < 4.78 is 6.64. The topological polar surface area (TPSA) is 64.7 Å². The van der Waals surface area contributed by atoms with Crippen molar-refractivity contribution in [2.24, 2.45) is 0 Å². The molecule has 0 saturated heterocycles. The van der Waals surface area contributed by atoms with Crippen LogP contribution in [-0.4, -0.2) is 19.9 Å². The molecule has 5 heterocycles. The van der Waals surface area contributed by atoms with E-state index in [1.54, 1.807) is 6.20 Å². The molecular weight excluding hydrogens is 889 g/mol. The number of aromatic nitrogens is 4. The van der Waals surface area contributed by atoms with E-state index in [9.17, 15) is 0 Å². The molecule has 0 aliphatic heterocycles. The van der Waals surface area contributed by atoms with Gasteiger partial charge in [0.15, 0.2) is 0 Å². The summed E-state index contributed by atoms with van der Waals surface area (Å²) in [5.74, 6) is 0. The molecule has 5 heteroatoms. The third-order valence-electron chi connectivity index (χ3n) is 13.8. The number of fused-ring (bicyclic) bond motifs is 3. The molecule has 0 aliphatic rings. The van der Waals surface area contributed by atoms with Crippen molar-refractivity contribution in [1.29, 1.82) is 0 Å². The summed E-state index contributed by atoms with van der Waals surface area (Å²) in [7, 11) is 0. The average Bonchev–Trinajstić information content (AvgIpc) is 3.87. The molecule has 0 fully saturated rings. The van der Waals surface area contributed by atoms with Crippen LogP contribution in [0.2, 0.25) is 0 Å². The molecule has 0 amide bonds. The fourth-order valence-electron chi connectivity index (χ4n) is 10.3. The van der Waals surface area contributed by atoms with Crippen LogP contribution in [0.4, 0.5) is 0 Å². The average molecular weight is 933 g/mol. The number of benzene rings is 8. The Kier molecular flexibility index (Phi) is 11.1. The van der Waals surface area contributed by atoms with Gasteiger partial charge < -0.3 is 4.42 Å². The standard InChI is InChI=1S/C68H44N4O/c1-3-17-55(53(15-1)45-27-31-47(32-28-45)64-24-7-10-37-69-64)50-41-51(56-18-4-2-16-54(56)46-29-33-48(34-30-46)65-25-8-11-38-70-65)43-52(42-50)57-19-5-6-20-58(57)59-36-35-49(66-26-9-12-39-71-66)44-63(59)61-22-13-21-60-62-23-14-40-72-68(62)73-67(60)61/h1-44H. The minimum Gasteiger partial charge on any atom is -0.437 e. The molecule has 13 rings (SSSR count). The summed E-state index contributed by atoms with van der Waals surface area (Å²) in [6.07, 6.45) is 7.31. The number of pyridine rings is 4. The second kappa shape index (κ2) is 18.8. The van der Waals surface area contributed by atoms with Crippen molar-refractivity contribution >= 4 is 22.1 Å². The first-order valence-corrected chi connectivity index (χ1v) is 24.5. The van der Waals surface area contributed by atoms with E-state index in [2.05, 4.69) is 215 Å². The van der Waals surface area contributed by atoms with Gasteiger partial charge in [-0.15, -0.1) is 0 Å². The minimum absolute atomic E-state index is 0.617. The number of furan rings is 1. The second-order valence-corrected chi connectivity index (χ2v) is 18.1. The van der Waals surface area contributed by atoms with Crippen LogP contribution in [0, 0.1) is 0 Å². The Balaban J connectivity index is 1.01. The van der Waals surface area contributed by atoms with E-state index in [0.717, 1.165) is 128 Å². The molecule has 0 unspecified atom stereocenters. The van der Waals surface area contributed by atoms with Crippen molar-refractivity contribution < 1.29 is 4.42 Å². The molecule has 73 heavy (non-hydrogen) atoms. The third kappa shape index (κ3) is 8.25. The highest BCUT2D eigenvalue weighted by Crippen LogP contribution is 2.46. The molecule has 13 aromatic rings. The summed E-state index contributed by atoms with van der Waals surface area (Å²) >= 11 is 0. The van der Waals surface area contributed by atoms with Gasteiger partial charge in [0.2, 0.25) is 5.71 Å². The Labute approximate surface area is 423 Å². The van der Waals surface area contributed by atoms with Crippen LogP contribution in [-0.2, 0) is 0 Å². The molecule has 0 spiro atoms. The first-order valence-electron chi connectivity index (χ1n) is 24.5. The van der Waals surface area contributed by atoms with Crippen molar-refractivity contribution in [3.63, 3.8) is 0 Å². The summed E-state index contributed by atoms with van der Waals surface area (Å²) in [6, 6.07) is 86.1. The molecule has 5 aromatic heterocycles. The maximum Gasteiger partial charge on any atom is 0.227 e. The van der Waals surface area contributed by atoms with Crippen LogP contribution in [0.25, 0.3) is 134 Å². The van der Waals surface area contributed by atoms with E-state index in [4.69, 9.17) is 9.40 Å². The number of hydrogen-bond donors (Lipinski definition) is 0. The third-order valence-corrected chi connectivity index (χ3v) is 13.8. The monoisotopic (exact) mass is 932 g/mol. The molecule has 0 radical (unpaired) electrons. The minimum atomic E-state index is 0.617. The lowest BCUT2D eigenvalue weighted by molar-refractivity contribution is 0.655. The lowest BCUT2D eigenvalue weighted by atomic mass is 9.84. The Morgan fingerprint density at radius 2 is 0.603 bits per heavy atom. The van der Waals surface area contributed by atoms with Crippen molar-refractivity contribution in [2.45, 2.75) is 0 Å². The summed E-state index contributed by atoms with van der Waals surface area (Å²) in [6.45, 7) is 0. The smallest absolute Gasteiger partial charge is 0.227 e. The van der Waals surface area contributed by atoms with Gasteiger partial charge in [0, 0.05) is 57.8 Å². The number of nitrogens with zero attached hydrogens (tertiary/aromatic N) is 4. The van der Waals surface area contributed by atoms with E-state index in [1.165, 1.54) is 0 Å². The number of rotatable bonds is 10. The van der Waals surface area contributed by atoms with Crippen LogP contribution in [0.1, 0.15) is 0 Å². The van der Waals surface area contributed by atoms with Crippen molar-refractivity contribution in [3.8, 4) is 112 Å². The highest BCUT2D eigenvalue weighted by molar-refractivity contribution is 6.10. The fourth-order valence-corrected chi connectivity index (χ4v) is 10.3. The highest BCUT2D eigenvalue weighted by Gasteiger charge is 2.21. The normalized spacial score (nSPS) is 11.3. The van der Waals surface area contributed by atoms with Crippen molar-refractivity contribution in [2.75, 3.05) is 0 Å². The molecular formula is C68H44N4O. The predicted octanol–water partition coefficient (Wildman–Crippen LogP) is 17.8. The second-order valence-electron chi connectivity index (χ2n) is 18.1. The van der Waals surface area contributed by atoms with Gasteiger partial charge in [0.1, 0.15) is 5.58 Å². The maximum atomic E-state index is 6.64. The molecule has 0 saturated carbocycles. The van der Waals surface area contributed by atoms with Gasteiger partial charge in [-0.3, -0.25) is 15.0 Å². The predicted molar refractivity (Wildman–Crippen MR) is 299 cm³/mol. The van der Waals surface area contributed by atoms with Gasteiger partial charge in [-0.05, 0) is 145 Å². The highest BCUT2D eigenvalue weighted by atomic mass is 16.3. The Morgan fingerprint density at radius 1 is 0.219 bits per heavy atom. The Bertz CT molecular complexity index is 3970. The van der Waals surface area contributed by atoms with E-state index < -0.39 is 0 Å². The molecule has 0 aliphatic carbocycles. The van der Waals surface area contributed by atoms with Gasteiger partial charge in [-0.2, -0.15) is 0 Å². The molecule has 5 nitrogen and oxygen atoms in total. The van der Waals surface area contributed by atoms with E-state index in [-0.39, 0.29) is 0 Å². The van der Waals surface area contributed by atoms with Gasteiger partial charge in [-0.1, -0.05) is 170 Å². The zero-order chi connectivity index (χ0) is 48.5. The summed E-state index contributed by atoms with van der Waals surface area (Å²) in [5, 5.41) is 2.01. The van der Waals surface area contributed by atoms with Gasteiger partial charge >= 0.3 is 0 Å². The Morgan fingerprint density at radius 3 is 1.11 bits per heavy atom. The lowest BCUT2D eigenvalue weighted by Gasteiger charge is -2.19. The molecule has 0 N–H and O–H groups in total. The molecule has 0 atom stereocenters. The van der Waals surface area contributed by atoms with Crippen LogP contribution in [0.5, 0.6) is 0 Å². The first kappa shape index (κ1) is 43.2. The van der Waals surface area contributed by atoms with Crippen LogP contribution in [0.3, 0.4) is 0 Å². The largest absolute Gasteiger partial charge is 0.437 e. The number of hydrogen-bond acceptors (Lipinski definition) is 5. The molecule has 0 bridgehead atoms. The SMILES string of the molecule is c1ccc(-c2ccc(-c3ccccc3-c3cc(-c4ccccc4-c4ccc(-c5ccccn5)cc4)cc(-c4ccccc4-c4ccc(-c5ccccn5)cc4-c4cccc5c4oc4ncccc45)c3)cc2)nc1. The quantitative estimate of drug-likeness (QED) is 0.137. The molecule has 8 aromatic carbocycles. The van der Waals surface area contributed by atoms with Gasteiger partial charge in [-0.25, -0.2) is 4.98 Å². The maximum absolute atomic E-state index is 6.64. The first-order chi connectivity index (χ1) is 36.2. The van der Waals surface area contributed by atoms with Crippen molar-refractivity contribution in [1.82, 2.24) is 19.9 Å². The fraction of sp³-hybridized carbons (Fsp3) is 0. The van der Waals surface area contributed by atoms with E-state index >= 15 is 0 Å². The number of para-hydroxylation sites is 1. The Hall–Kier alpha value is -9.84. The van der Waals surface area contributed by atoms with Crippen LogP contribution in [0.15, 0.2) is 272 Å². The van der Waals surface area contributed by atoms with Gasteiger partial charge in [0.25, 0.3) is 0 Å². The summed E-state index contributed by atoms with van der Waals surface area (Å²) in [4.78, 5) is 18.6. The van der Waals surface area contributed by atoms with Crippen molar-refractivity contribution in [3.05, 3.63) is 267 Å². The van der Waals surface area contributed by atoms with Crippen LogP contribution < -0.4 is 0 Å². The van der Waals surface area contributed by atoms with E-state index in [0.29, 0.717) is 5.71 Å².